The Hall–Kier alpha value is -0.120. The lowest BCUT2D eigenvalue weighted by atomic mass is 10.1. The molecule has 0 aliphatic heterocycles. The number of aliphatic hydroxyl groups excluding tert-OH is 1. The molecule has 3 nitrogen and oxygen atoms in total. The molecule has 1 aliphatic rings. The minimum Gasteiger partial charge on any atom is -0.394 e. The Morgan fingerprint density at radius 3 is 2.60 bits per heavy atom. The third kappa shape index (κ3) is 4.49. The summed E-state index contributed by atoms with van der Waals surface area (Å²) in [6.45, 7) is 5.85. The third-order valence-corrected chi connectivity index (χ3v) is 3.09. The van der Waals surface area contributed by atoms with Crippen LogP contribution in [0.5, 0.6) is 0 Å². The monoisotopic (exact) mass is 215 g/mol. The number of aliphatic hydroxyl groups is 1. The smallest absolute Gasteiger partial charge is 0.0671 e. The van der Waals surface area contributed by atoms with Gasteiger partial charge < -0.3 is 15.2 Å². The minimum absolute atomic E-state index is 0.139. The molecule has 90 valence electrons. The van der Waals surface area contributed by atoms with E-state index in [9.17, 15) is 5.11 Å². The number of nitrogens with one attached hydrogen (secondary N) is 1. The van der Waals surface area contributed by atoms with Crippen LogP contribution in [0.2, 0.25) is 0 Å². The highest BCUT2D eigenvalue weighted by atomic mass is 16.5. The Labute approximate surface area is 93.2 Å². The van der Waals surface area contributed by atoms with E-state index in [0.29, 0.717) is 12.7 Å². The highest BCUT2D eigenvalue weighted by Gasteiger charge is 2.25. The van der Waals surface area contributed by atoms with Crippen LogP contribution < -0.4 is 5.32 Å². The Balaban J connectivity index is 2.24. The van der Waals surface area contributed by atoms with Crippen LogP contribution in [0.15, 0.2) is 0 Å². The maximum Gasteiger partial charge on any atom is 0.0671 e. The normalized spacial score (nSPS) is 21.8. The Morgan fingerprint density at radius 1 is 1.40 bits per heavy atom. The summed E-state index contributed by atoms with van der Waals surface area (Å²) in [6, 6.07) is 0. The van der Waals surface area contributed by atoms with E-state index < -0.39 is 0 Å². The van der Waals surface area contributed by atoms with E-state index in [1.165, 1.54) is 25.7 Å². The number of rotatable bonds is 7. The summed E-state index contributed by atoms with van der Waals surface area (Å²) in [6.07, 6.45) is 6.48. The molecule has 0 aromatic heterocycles. The van der Waals surface area contributed by atoms with E-state index in [-0.39, 0.29) is 12.1 Å². The summed E-state index contributed by atoms with van der Waals surface area (Å²) in [5, 5.41) is 12.7. The van der Waals surface area contributed by atoms with Gasteiger partial charge in [0, 0.05) is 0 Å². The predicted molar refractivity (Wildman–Crippen MR) is 62.0 cm³/mol. The van der Waals surface area contributed by atoms with Gasteiger partial charge in [0.05, 0.1) is 24.9 Å². The molecule has 3 heteroatoms. The first-order valence-corrected chi connectivity index (χ1v) is 6.17. The minimum atomic E-state index is -0.265. The average molecular weight is 215 g/mol. The molecule has 1 aliphatic carbocycles. The van der Waals surface area contributed by atoms with Crippen molar-refractivity contribution in [2.75, 3.05) is 19.8 Å². The fourth-order valence-electron chi connectivity index (χ4n) is 1.94. The van der Waals surface area contributed by atoms with Crippen molar-refractivity contribution in [2.24, 2.45) is 0 Å². The van der Waals surface area contributed by atoms with E-state index >= 15 is 0 Å². The van der Waals surface area contributed by atoms with E-state index in [1.54, 1.807) is 0 Å². The Kier molecular flexibility index (Phi) is 5.58. The molecule has 0 spiro atoms. The molecule has 1 rings (SSSR count). The van der Waals surface area contributed by atoms with Gasteiger partial charge in [0.2, 0.25) is 0 Å². The lowest BCUT2D eigenvalue weighted by Gasteiger charge is -2.30. The van der Waals surface area contributed by atoms with Gasteiger partial charge in [-0.05, 0) is 32.7 Å². The van der Waals surface area contributed by atoms with Crippen LogP contribution in [0.1, 0.15) is 46.0 Å². The molecule has 0 aromatic rings. The number of hydrogen-bond acceptors (Lipinski definition) is 3. The van der Waals surface area contributed by atoms with Crippen molar-refractivity contribution in [3.05, 3.63) is 0 Å². The van der Waals surface area contributed by atoms with Crippen molar-refractivity contribution in [1.29, 1.82) is 0 Å². The molecule has 2 N–H and O–H groups in total. The molecule has 1 saturated carbocycles. The molecule has 0 saturated heterocycles. The van der Waals surface area contributed by atoms with Gasteiger partial charge in [-0.25, -0.2) is 0 Å². The number of hydrogen-bond donors (Lipinski definition) is 2. The van der Waals surface area contributed by atoms with Gasteiger partial charge in [-0.1, -0.05) is 19.8 Å². The Morgan fingerprint density at radius 2 is 2.07 bits per heavy atom. The first-order valence-electron chi connectivity index (χ1n) is 6.17. The molecule has 0 amide bonds. The summed E-state index contributed by atoms with van der Waals surface area (Å²) < 4.78 is 5.83. The van der Waals surface area contributed by atoms with Gasteiger partial charge in [-0.3, -0.25) is 0 Å². The standard InChI is InChI=1S/C12H25NO2/c1-3-8-13-12(2,9-14)10-15-11-6-4-5-7-11/h11,13-14H,3-10H2,1-2H3. The summed E-state index contributed by atoms with van der Waals surface area (Å²) >= 11 is 0. The molecule has 0 bridgehead atoms. The van der Waals surface area contributed by atoms with Crippen LogP contribution in [-0.4, -0.2) is 36.5 Å². The van der Waals surface area contributed by atoms with Gasteiger partial charge in [0.25, 0.3) is 0 Å². The first-order chi connectivity index (χ1) is 7.20. The molecular weight excluding hydrogens is 190 g/mol. The van der Waals surface area contributed by atoms with E-state index in [1.807, 2.05) is 6.92 Å². The second kappa shape index (κ2) is 6.46. The third-order valence-electron chi connectivity index (χ3n) is 3.09. The highest BCUT2D eigenvalue weighted by molar-refractivity contribution is 4.82. The summed E-state index contributed by atoms with van der Waals surface area (Å²) in [5.41, 5.74) is -0.265. The van der Waals surface area contributed by atoms with Crippen LogP contribution in [0, 0.1) is 0 Å². The summed E-state index contributed by atoms with van der Waals surface area (Å²) in [4.78, 5) is 0. The van der Waals surface area contributed by atoms with E-state index in [2.05, 4.69) is 12.2 Å². The van der Waals surface area contributed by atoms with E-state index in [4.69, 9.17) is 4.74 Å². The molecule has 1 atom stereocenters. The lowest BCUT2D eigenvalue weighted by molar-refractivity contribution is -0.000249. The fraction of sp³-hybridized carbons (Fsp3) is 1.00. The van der Waals surface area contributed by atoms with Crippen LogP contribution in [0.4, 0.5) is 0 Å². The molecule has 1 fully saturated rings. The molecule has 0 heterocycles. The van der Waals surface area contributed by atoms with Crippen molar-refractivity contribution in [3.63, 3.8) is 0 Å². The molecule has 1 unspecified atom stereocenters. The summed E-state index contributed by atoms with van der Waals surface area (Å²) in [5.74, 6) is 0. The topological polar surface area (TPSA) is 41.5 Å². The van der Waals surface area contributed by atoms with Gasteiger partial charge in [-0.15, -0.1) is 0 Å². The van der Waals surface area contributed by atoms with Gasteiger partial charge in [0.15, 0.2) is 0 Å². The molecule has 0 aromatic carbocycles. The Bertz CT molecular complexity index is 169. The zero-order valence-electron chi connectivity index (χ0n) is 10.1. The maximum atomic E-state index is 9.34. The van der Waals surface area contributed by atoms with Crippen LogP contribution >= 0.6 is 0 Å². The van der Waals surface area contributed by atoms with E-state index in [0.717, 1.165) is 13.0 Å². The summed E-state index contributed by atoms with van der Waals surface area (Å²) in [7, 11) is 0. The second-order valence-electron chi connectivity index (χ2n) is 4.86. The molecular formula is C12H25NO2. The predicted octanol–water partition coefficient (Wildman–Crippen LogP) is 1.70. The zero-order valence-corrected chi connectivity index (χ0v) is 10.1. The van der Waals surface area contributed by atoms with Gasteiger partial charge in [-0.2, -0.15) is 0 Å². The number of ether oxygens (including phenoxy) is 1. The van der Waals surface area contributed by atoms with Crippen LogP contribution in [-0.2, 0) is 4.74 Å². The zero-order chi connectivity index (χ0) is 11.1. The van der Waals surface area contributed by atoms with Crippen molar-refractivity contribution in [2.45, 2.75) is 57.6 Å². The lowest BCUT2D eigenvalue weighted by Crippen LogP contribution is -2.50. The SMILES string of the molecule is CCCNC(C)(CO)COC1CCCC1. The molecule has 15 heavy (non-hydrogen) atoms. The van der Waals surface area contributed by atoms with Crippen molar-refractivity contribution in [3.8, 4) is 0 Å². The van der Waals surface area contributed by atoms with Crippen LogP contribution in [0.25, 0.3) is 0 Å². The maximum absolute atomic E-state index is 9.34. The molecule has 0 radical (unpaired) electrons. The first kappa shape index (κ1) is 12.9. The average Bonchev–Trinajstić information content (AvgIpc) is 2.76. The van der Waals surface area contributed by atoms with Gasteiger partial charge >= 0.3 is 0 Å². The largest absolute Gasteiger partial charge is 0.394 e. The quantitative estimate of drug-likeness (QED) is 0.679. The van der Waals surface area contributed by atoms with Crippen molar-refractivity contribution < 1.29 is 9.84 Å². The van der Waals surface area contributed by atoms with Gasteiger partial charge in [0.1, 0.15) is 0 Å². The fourth-order valence-corrected chi connectivity index (χ4v) is 1.94. The van der Waals surface area contributed by atoms with Crippen LogP contribution in [0.3, 0.4) is 0 Å². The van der Waals surface area contributed by atoms with Crippen molar-refractivity contribution in [1.82, 2.24) is 5.32 Å². The highest BCUT2D eigenvalue weighted by Crippen LogP contribution is 2.22. The second-order valence-corrected chi connectivity index (χ2v) is 4.86. The van der Waals surface area contributed by atoms with Crippen molar-refractivity contribution >= 4 is 0 Å².